The van der Waals surface area contributed by atoms with Crippen LogP contribution in [0.2, 0.25) is 0 Å². The summed E-state index contributed by atoms with van der Waals surface area (Å²) in [5.41, 5.74) is -0.0485. The van der Waals surface area contributed by atoms with Crippen molar-refractivity contribution >= 4 is 11.9 Å². The highest BCUT2D eigenvalue weighted by Gasteiger charge is 2.27. The third-order valence-corrected chi connectivity index (χ3v) is 3.81. The van der Waals surface area contributed by atoms with E-state index in [1.807, 2.05) is 20.8 Å². The first kappa shape index (κ1) is 20.2. The van der Waals surface area contributed by atoms with Gasteiger partial charge in [0.1, 0.15) is 18.0 Å². The van der Waals surface area contributed by atoms with Crippen LogP contribution in [0.1, 0.15) is 44.0 Å². The summed E-state index contributed by atoms with van der Waals surface area (Å²) in [5.74, 6) is -0.104. The van der Waals surface area contributed by atoms with E-state index in [2.05, 4.69) is 4.74 Å². The third-order valence-electron chi connectivity index (χ3n) is 3.81. The second kappa shape index (κ2) is 9.00. The van der Waals surface area contributed by atoms with Gasteiger partial charge in [-0.1, -0.05) is 0 Å². The molecule has 0 radical (unpaired) electrons. The number of carbonyl (C=O) groups is 2. The van der Waals surface area contributed by atoms with Gasteiger partial charge in [0, 0.05) is 6.54 Å². The van der Waals surface area contributed by atoms with Crippen molar-refractivity contribution < 1.29 is 28.6 Å². The number of esters is 2. The molecule has 0 aromatic heterocycles. The van der Waals surface area contributed by atoms with E-state index < -0.39 is 5.60 Å². The van der Waals surface area contributed by atoms with Gasteiger partial charge in [-0.2, -0.15) is 5.06 Å². The molecule has 1 fully saturated rings. The fourth-order valence-electron chi connectivity index (χ4n) is 2.65. The number of hydroxylamine groups is 2. The molecule has 0 unspecified atom stereocenters. The number of rotatable bonds is 7. The molecule has 7 heteroatoms. The van der Waals surface area contributed by atoms with E-state index >= 15 is 0 Å². The van der Waals surface area contributed by atoms with E-state index in [0.717, 1.165) is 19.4 Å². The van der Waals surface area contributed by atoms with Gasteiger partial charge in [0.25, 0.3) is 0 Å². The van der Waals surface area contributed by atoms with Crippen molar-refractivity contribution in [2.45, 2.75) is 45.3 Å². The van der Waals surface area contributed by atoms with Crippen LogP contribution in [0.15, 0.2) is 24.3 Å². The summed E-state index contributed by atoms with van der Waals surface area (Å²) in [6.45, 7) is 6.54. The monoisotopic (exact) mass is 365 g/mol. The molecule has 0 bridgehead atoms. The van der Waals surface area contributed by atoms with Crippen LogP contribution in [0.4, 0.5) is 0 Å². The fourth-order valence-corrected chi connectivity index (χ4v) is 2.65. The molecular formula is C19H27NO6. The maximum atomic E-state index is 11.8. The standard InChI is InChI=1S/C19H27NO6/c1-19(2,3)26-17(21)13-25-20-11-5-6-15(20)12-24-16-9-7-14(8-10-16)18(22)23-4/h7-10,15H,5-6,11-13H2,1-4H3/t15-/m1/s1. The molecule has 0 spiro atoms. The number of benzene rings is 1. The minimum atomic E-state index is -0.523. The molecule has 0 saturated carbocycles. The van der Waals surface area contributed by atoms with Gasteiger partial charge >= 0.3 is 11.9 Å². The Morgan fingerprint density at radius 2 is 1.88 bits per heavy atom. The van der Waals surface area contributed by atoms with Crippen LogP contribution in [0.3, 0.4) is 0 Å². The predicted molar refractivity (Wildman–Crippen MR) is 94.8 cm³/mol. The van der Waals surface area contributed by atoms with Crippen LogP contribution in [0, 0.1) is 0 Å². The van der Waals surface area contributed by atoms with Crippen LogP contribution < -0.4 is 4.74 Å². The predicted octanol–water partition coefficient (Wildman–Crippen LogP) is 2.59. The van der Waals surface area contributed by atoms with E-state index in [0.29, 0.717) is 17.9 Å². The zero-order chi connectivity index (χ0) is 19.2. The fraction of sp³-hybridized carbons (Fsp3) is 0.579. The molecule has 1 aromatic rings. The zero-order valence-corrected chi connectivity index (χ0v) is 15.8. The molecule has 1 atom stereocenters. The molecule has 2 rings (SSSR count). The molecule has 0 amide bonds. The Labute approximate surface area is 154 Å². The minimum absolute atomic E-state index is 0.0673. The van der Waals surface area contributed by atoms with Crippen molar-refractivity contribution in [1.29, 1.82) is 0 Å². The van der Waals surface area contributed by atoms with Crippen molar-refractivity contribution in [1.82, 2.24) is 5.06 Å². The van der Waals surface area contributed by atoms with Crippen LogP contribution in [-0.2, 0) is 19.1 Å². The quantitative estimate of drug-likeness (QED) is 0.688. The summed E-state index contributed by atoms with van der Waals surface area (Å²) < 4.78 is 15.7. The lowest BCUT2D eigenvalue weighted by atomic mass is 10.2. The molecule has 1 aliphatic rings. The van der Waals surface area contributed by atoms with Gasteiger partial charge in [-0.3, -0.25) is 4.84 Å². The first-order chi connectivity index (χ1) is 12.3. The summed E-state index contributed by atoms with van der Waals surface area (Å²) in [5, 5.41) is 1.78. The lowest BCUT2D eigenvalue weighted by molar-refractivity contribution is -0.199. The number of hydrogen-bond acceptors (Lipinski definition) is 7. The lowest BCUT2D eigenvalue weighted by Gasteiger charge is -2.25. The highest BCUT2D eigenvalue weighted by atomic mass is 16.7. The molecule has 144 valence electrons. The maximum Gasteiger partial charge on any atom is 0.337 e. The van der Waals surface area contributed by atoms with Gasteiger partial charge in [0.15, 0.2) is 6.61 Å². The Hall–Kier alpha value is -2.12. The number of nitrogens with zero attached hydrogens (tertiary/aromatic N) is 1. The number of methoxy groups -OCH3 is 1. The van der Waals surface area contributed by atoms with Crippen LogP contribution in [0.5, 0.6) is 5.75 Å². The molecule has 0 N–H and O–H groups in total. The molecule has 1 aliphatic heterocycles. The highest BCUT2D eigenvalue weighted by Crippen LogP contribution is 2.20. The zero-order valence-electron chi connectivity index (χ0n) is 15.8. The SMILES string of the molecule is COC(=O)c1ccc(OC[C@H]2CCCN2OCC(=O)OC(C)(C)C)cc1. The highest BCUT2D eigenvalue weighted by molar-refractivity contribution is 5.89. The Morgan fingerprint density at radius 3 is 2.50 bits per heavy atom. The first-order valence-electron chi connectivity index (χ1n) is 8.71. The summed E-state index contributed by atoms with van der Waals surface area (Å²) in [6, 6.07) is 6.84. The number of ether oxygens (including phenoxy) is 3. The largest absolute Gasteiger partial charge is 0.492 e. The first-order valence-corrected chi connectivity index (χ1v) is 8.71. The number of hydrogen-bond donors (Lipinski definition) is 0. The summed E-state index contributed by atoms with van der Waals surface area (Å²) in [4.78, 5) is 28.8. The van der Waals surface area contributed by atoms with E-state index in [9.17, 15) is 9.59 Å². The molecule has 1 aromatic carbocycles. The van der Waals surface area contributed by atoms with Gasteiger partial charge in [0.05, 0.1) is 18.7 Å². The Bertz CT molecular complexity index is 607. The second-order valence-corrected chi connectivity index (χ2v) is 7.12. The van der Waals surface area contributed by atoms with Crippen LogP contribution in [0.25, 0.3) is 0 Å². The van der Waals surface area contributed by atoms with Crippen molar-refractivity contribution in [3.05, 3.63) is 29.8 Å². The molecule has 1 saturated heterocycles. The van der Waals surface area contributed by atoms with Crippen molar-refractivity contribution in [3.63, 3.8) is 0 Å². The van der Waals surface area contributed by atoms with Gasteiger partial charge < -0.3 is 14.2 Å². The Kier molecular flexibility index (Phi) is 6.99. The average Bonchev–Trinajstić information content (AvgIpc) is 3.04. The van der Waals surface area contributed by atoms with Crippen molar-refractivity contribution in [2.75, 3.05) is 26.9 Å². The summed E-state index contributed by atoms with van der Waals surface area (Å²) in [7, 11) is 1.35. The summed E-state index contributed by atoms with van der Waals surface area (Å²) >= 11 is 0. The van der Waals surface area contributed by atoms with Crippen LogP contribution >= 0.6 is 0 Å². The molecule has 0 aliphatic carbocycles. The lowest BCUT2D eigenvalue weighted by Crippen LogP contribution is -2.37. The van der Waals surface area contributed by atoms with E-state index in [1.54, 1.807) is 29.3 Å². The maximum absolute atomic E-state index is 11.8. The Balaban J connectivity index is 1.79. The smallest absolute Gasteiger partial charge is 0.337 e. The average molecular weight is 365 g/mol. The molecular weight excluding hydrogens is 338 g/mol. The van der Waals surface area contributed by atoms with E-state index in [4.69, 9.17) is 14.3 Å². The molecule has 26 heavy (non-hydrogen) atoms. The summed E-state index contributed by atoms with van der Waals surface area (Å²) in [6.07, 6.45) is 1.90. The van der Waals surface area contributed by atoms with Crippen LogP contribution in [-0.4, -0.2) is 55.5 Å². The third kappa shape index (κ3) is 6.31. The van der Waals surface area contributed by atoms with Gasteiger partial charge in [-0.25, -0.2) is 9.59 Å². The normalized spacial score (nSPS) is 17.8. The second-order valence-electron chi connectivity index (χ2n) is 7.12. The van der Waals surface area contributed by atoms with E-state index in [-0.39, 0.29) is 24.6 Å². The van der Waals surface area contributed by atoms with Gasteiger partial charge in [-0.05, 0) is 57.9 Å². The minimum Gasteiger partial charge on any atom is -0.492 e. The molecule has 1 heterocycles. The topological polar surface area (TPSA) is 74.3 Å². The van der Waals surface area contributed by atoms with E-state index in [1.165, 1.54) is 7.11 Å². The molecule has 7 nitrogen and oxygen atoms in total. The van der Waals surface area contributed by atoms with Crippen molar-refractivity contribution in [3.8, 4) is 5.75 Å². The Morgan fingerprint density at radius 1 is 1.19 bits per heavy atom. The van der Waals surface area contributed by atoms with Crippen molar-refractivity contribution in [2.24, 2.45) is 0 Å². The van der Waals surface area contributed by atoms with Gasteiger partial charge in [-0.15, -0.1) is 0 Å². The number of carbonyl (C=O) groups excluding carboxylic acids is 2. The van der Waals surface area contributed by atoms with Gasteiger partial charge in [0.2, 0.25) is 0 Å².